The molecule has 1 fully saturated rings. The highest BCUT2D eigenvalue weighted by Gasteiger charge is 2.35. The van der Waals surface area contributed by atoms with Crippen LogP contribution in [0.4, 0.5) is 5.69 Å². The number of likely N-dealkylation sites (tertiary alicyclic amines) is 1. The number of ether oxygens (including phenoxy) is 1. The second kappa shape index (κ2) is 9.13. The number of hydrogen-bond acceptors (Lipinski definition) is 7. The van der Waals surface area contributed by atoms with Crippen molar-refractivity contribution in [3.63, 3.8) is 0 Å². The lowest BCUT2D eigenvalue weighted by molar-refractivity contribution is -0.129. The number of benzene rings is 2. The number of hydrogen-bond donors (Lipinski definition) is 2. The number of carbonyl (C=O) groups is 1. The van der Waals surface area contributed by atoms with Crippen LogP contribution in [-0.2, 0) is 21.4 Å². The van der Waals surface area contributed by atoms with Crippen molar-refractivity contribution in [2.24, 2.45) is 0 Å². The van der Waals surface area contributed by atoms with E-state index < -0.39 is 16.1 Å². The van der Waals surface area contributed by atoms with E-state index in [0.717, 1.165) is 10.8 Å². The fourth-order valence-electron chi connectivity index (χ4n) is 4.03. The van der Waals surface area contributed by atoms with E-state index in [1.807, 2.05) is 12.1 Å². The van der Waals surface area contributed by atoms with Gasteiger partial charge in [0.05, 0.1) is 23.9 Å². The zero-order valence-corrected chi connectivity index (χ0v) is 19.9. The first-order valence-electron chi connectivity index (χ1n) is 10.4. The SMILES string of the molecule is COc1ccc2ccc(S(=O)(=O)N[C@H]3CCN(Cc4cc5c(N)ccnc5o4)C3=O)cc2c1.Cl. The molecule has 0 spiro atoms. The molecule has 5 rings (SSSR count). The van der Waals surface area contributed by atoms with E-state index in [1.165, 1.54) is 6.07 Å². The van der Waals surface area contributed by atoms with Crippen LogP contribution in [0.15, 0.2) is 64.0 Å². The molecular weight excluding hydrogens is 480 g/mol. The fourth-order valence-corrected chi connectivity index (χ4v) is 5.29. The number of anilines is 1. The van der Waals surface area contributed by atoms with Crippen molar-refractivity contribution in [2.75, 3.05) is 19.4 Å². The number of halogens is 1. The Balaban J connectivity index is 0.00000274. The van der Waals surface area contributed by atoms with Gasteiger partial charge in [-0.05, 0) is 53.6 Å². The predicted octanol–water partition coefficient (Wildman–Crippen LogP) is 3.07. The topological polar surface area (TPSA) is 128 Å². The number of nitrogen functional groups attached to an aromatic ring is 1. The number of nitrogens with two attached hydrogens (primary N) is 1. The molecule has 4 aromatic rings. The average molecular weight is 503 g/mol. The summed E-state index contributed by atoms with van der Waals surface area (Å²) in [5.74, 6) is 0.868. The van der Waals surface area contributed by atoms with Gasteiger partial charge in [0.2, 0.25) is 21.6 Å². The van der Waals surface area contributed by atoms with Crippen LogP contribution >= 0.6 is 12.4 Å². The molecule has 1 atom stereocenters. The molecule has 3 heterocycles. The Morgan fingerprint density at radius 3 is 2.74 bits per heavy atom. The Morgan fingerprint density at radius 1 is 1.18 bits per heavy atom. The third kappa shape index (κ3) is 4.39. The molecule has 1 saturated heterocycles. The molecule has 178 valence electrons. The van der Waals surface area contributed by atoms with Gasteiger partial charge in [-0.25, -0.2) is 13.4 Å². The molecule has 0 radical (unpaired) electrons. The van der Waals surface area contributed by atoms with Gasteiger partial charge in [0.25, 0.3) is 0 Å². The maximum atomic E-state index is 13.0. The molecule has 9 nitrogen and oxygen atoms in total. The third-order valence-corrected chi connectivity index (χ3v) is 7.26. The Morgan fingerprint density at radius 2 is 1.97 bits per heavy atom. The minimum Gasteiger partial charge on any atom is -0.497 e. The average Bonchev–Trinajstić information content (AvgIpc) is 3.37. The lowest BCUT2D eigenvalue weighted by atomic mass is 10.1. The van der Waals surface area contributed by atoms with Gasteiger partial charge in [-0.1, -0.05) is 12.1 Å². The number of methoxy groups -OCH3 is 1. The van der Waals surface area contributed by atoms with Crippen LogP contribution in [0.5, 0.6) is 5.75 Å². The first-order valence-corrected chi connectivity index (χ1v) is 11.8. The first-order chi connectivity index (χ1) is 15.8. The summed E-state index contributed by atoms with van der Waals surface area (Å²) >= 11 is 0. The van der Waals surface area contributed by atoms with Gasteiger partial charge >= 0.3 is 0 Å². The fraction of sp³-hybridized carbons (Fsp3) is 0.217. The van der Waals surface area contributed by atoms with Crippen LogP contribution in [0.2, 0.25) is 0 Å². The van der Waals surface area contributed by atoms with E-state index in [9.17, 15) is 13.2 Å². The van der Waals surface area contributed by atoms with Gasteiger partial charge in [0.1, 0.15) is 17.6 Å². The Kier molecular flexibility index (Phi) is 6.39. The van der Waals surface area contributed by atoms with Crippen molar-refractivity contribution in [3.8, 4) is 5.75 Å². The van der Waals surface area contributed by atoms with Gasteiger partial charge in [0, 0.05) is 18.4 Å². The molecule has 1 aliphatic rings. The van der Waals surface area contributed by atoms with Crippen LogP contribution in [0.25, 0.3) is 21.9 Å². The number of fused-ring (bicyclic) bond motifs is 2. The Bertz CT molecular complexity index is 1490. The summed E-state index contributed by atoms with van der Waals surface area (Å²) < 4.78 is 39.5. The van der Waals surface area contributed by atoms with Crippen molar-refractivity contribution in [2.45, 2.75) is 23.9 Å². The predicted molar refractivity (Wildman–Crippen MR) is 130 cm³/mol. The minimum atomic E-state index is -3.90. The smallest absolute Gasteiger partial charge is 0.241 e. The zero-order chi connectivity index (χ0) is 23.2. The summed E-state index contributed by atoms with van der Waals surface area (Å²) in [5.41, 5.74) is 6.89. The Labute approximate surface area is 202 Å². The van der Waals surface area contributed by atoms with E-state index in [0.29, 0.717) is 41.3 Å². The lowest BCUT2D eigenvalue weighted by Gasteiger charge is -2.16. The minimum absolute atomic E-state index is 0. The van der Waals surface area contributed by atoms with Crippen LogP contribution in [0.3, 0.4) is 0 Å². The van der Waals surface area contributed by atoms with Gasteiger partial charge in [-0.2, -0.15) is 4.72 Å². The summed E-state index contributed by atoms with van der Waals surface area (Å²) in [6, 6.07) is 12.9. The summed E-state index contributed by atoms with van der Waals surface area (Å²) in [6.45, 7) is 0.615. The van der Waals surface area contributed by atoms with Crippen LogP contribution in [-0.4, -0.2) is 43.9 Å². The highest BCUT2D eigenvalue weighted by molar-refractivity contribution is 7.89. The number of rotatable bonds is 6. The molecule has 1 amide bonds. The highest BCUT2D eigenvalue weighted by Crippen LogP contribution is 2.26. The van der Waals surface area contributed by atoms with Crippen molar-refractivity contribution in [3.05, 3.63) is 60.5 Å². The molecule has 0 aliphatic carbocycles. The summed E-state index contributed by atoms with van der Waals surface area (Å²) in [6.07, 6.45) is 1.92. The molecule has 2 aromatic heterocycles. The molecule has 2 aromatic carbocycles. The van der Waals surface area contributed by atoms with Gasteiger partial charge in [0.15, 0.2) is 0 Å². The molecule has 1 aliphatic heterocycles. The highest BCUT2D eigenvalue weighted by atomic mass is 35.5. The number of sulfonamides is 1. The van der Waals surface area contributed by atoms with E-state index in [2.05, 4.69) is 9.71 Å². The maximum Gasteiger partial charge on any atom is 0.241 e. The number of pyridine rings is 1. The lowest BCUT2D eigenvalue weighted by Crippen LogP contribution is -2.41. The molecule has 11 heteroatoms. The molecule has 3 N–H and O–H groups in total. The van der Waals surface area contributed by atoms with Crippen molar-refractivity contribution in [1.29, 1.82) is 0 Å². The Hall–Kier alpha value is -3.34. The van der Waals surface area contributed by atoms with Crippen LogP contribution in [0.1, 0.15) is 12.2 Å². The standard InChI is InChI=1S/C23H22N4O5S.ClH/c1-31-16-4-2-14-3-5-18(11-15(14)10-16)33(29,30)26-21-7-9-27(23(21)28)13-17-12-19-20(24)6-8-25-22(19)32-17;/h2-6,8,10-12,21,26H,7,9,13H2,1H3,(H2,24,25);1H/t21-;/m0./s1. The molecule has 34 heavy (non-hydrogen) atoms. The van der Waals surface area contributed by atoms with Crippen molar-refractivity contribution in [1.82, 2.24) is 14.6 Å². The number of amides is 1. The zero-order valence-electron chi connectivity index (χ0n) is 18.2. The van der Waals surface area contributed by atoms with Crippen molar-refractivity contribution >= 4 is 55.9 Å². The van der Waals surface area contributed by atoms with Gasteiger partial charge in [-0.15, -0.1) is 12.4 Å². The van der Waals surface area contributed by atoms with Crippen LogP contribution < -0.4 is 15.2 Å². The van der Waals surface area contributed by atoms with Crippen molar-refractivity contribution < 1.29 is 22.4 Å². The second-order valence-corrected chi connectivity index (χ2v) is 9.64. The molecular formula is C23H23ClN4O5S. The first kappa shape index (κ1) is 23.8. The summed E-state index contributed by atoms with van der Waals surface area (Å²) in [4.78, 5) is 18.7. The van der Waals surface area contributed by atoms with E-state index >= 15 is 0 Å². The number of aromatic nitrogens is 1. The maximum absolute atomic E-state index is 13.0. The van der Waals surface area contributed by atoms with E-state index in [4.69, 9.17) is 14.9 Å². The van der Waals surface area contributed by atoms with E-state index in [1.54, 1.807) is 48.5 Å². The van der Waals surface area contributed by atoms with Crippen LogP contribution in [0, 0.1) is 0 Å². The summed E-state index contributed by atoms with van der Waals surface area (Å²) in [7, 11) is -2.35. The third-order valence-electron chi connectivity index (χ3n) is 5.79. The number of furan rings is 1. The normalized spacial score (nSPS) is 16.2. The second-order valence-electron chi connectivity index (χ2n) is 7.93. The quantitative estimate of drug-likeness (QED) is 0.414. The molecule has 0 bridgehead atoms. The number of nitrogens with zero attached hydrogens (tertiary/aromatic N) is 2. The molecule has 0 unspecified atom stereocenters. The summed E-state index contributed by atoms with van der Waals surface area (Å²) in [5, 5.41) is 2.30. The number of carbonyl (C=O) groups excluding carboxylic acids is 1. The number of nitrogens with one attached hydrogen (secondary N) is 1. The van der Waals surface area contributed by atoms with E-state index in [-0.39, 0.29) is 29.8 Å². The molecule has 0 saturated carbocycles. The van der Waals surface area contributed by atoms with Gasteiger partial charge in [-0.3, -0.25) is 4.79 Å². The largest absolute Gasteiger partial charge is 0.497 e. The van der Waals surface area contributed by atoms with Gasteiger partial charge < -0.3 is 19.8 Å². The monoisotopic (exact) mass is 502 g/mol.